The number of rotatable bonds is 22. The number of hydrogen-bond donors (Lipinski definition) is 2. The van der Waals surface area contributed by atoms with Crippen molar-refractivity contribution in [2.45, 2.75) is 167 Å². The molecule has 1 unspecified atom stereocenters. The summed E-state index contributed by atoms with van der Waals surface area (Å²) < 4.78 is 0. The van der Waals surface area contributed by atoms with Crippen molar-refractivity contribution in [1.82, 2.24) is 0 Å². The van der Waals surface area contributed by atoms with Crippen LogP contribution in [0.15, 0.2) is 0 Å². The number of aliphatic hydroxyl groups excluding tert-OH is 1. The van der Waals surface area contributed by atoms with Gasteiger partial charge in [0.1, 0.15) is 0 Å². The minimum atomic E-state index is -0.848. The molecule has 0 spiro atoms. The molecule has 0 amide bonds. The number of unbranched alkanes of at least 4 members (excludes halogenated alkanes) is 15. The van der Waals surface area contributed by atoms with Gasteiger partial charge in [0.25, 0.3) is 0 Å². The average molecular weight is 399 g/mol. The van der Waals surface area contributed by atoms with Gasteiger partial charge in [0, 0.05) is 0 Å². The van der Waals surface area contributed by atoms with Crippen LogP contribution < -0.4 is 0 Å². The van der Waals surface area contributed by atoms with E-state index in [9.17, 15) is 10.2 Å². The number of hydrogen-bond acceptors (Lipinski definition) is 2. The summed E-state index contributed by atoms with van der Waals surface area (Å²) in [5.41, 5.74) is -0.848. The molecule has 28 heavy (non-hydrogen) atoms. The zero-order chi connectivity index (χ0) is 20.9. The van der Waals surface area contributed by atoms with E-state index in [2.05, 4.69) is 20.8 Å². The van der Waals surface area contributed by atoms with E-state index >= 15 is 0 Å². The lowest BCUT2D eigenvalue weighted by Gasteiger charge is -2.34. The Labute approximate surface area is 177 Å². The fraction of sp³-hybridized carbons (Fsp3) is 1.00. The first-order valence-corrected chi connectivity index (χ1v) is 13.0. The molecule has 2 heteroatoms. The molecular formula is C26H54O2. The van der Waals surface area contributed by atoms with Crippen LogP contribution in [0.25, 0.3) is 0 Å². The molecule has 0 heterocycles. The molecule has 0 fully saturated rings. The highest BCUT2D eigenvalue weighted by atomic mass is 16.3. The van der Waals surface area contributed by atoms with Crippen LogP contribution in [0.4, 0.5) is 0 Å². The minimum absolute atomic E-state index is 0.537. The summed E-state index contributed by atoms with van der Waals surface area (Å²) in [5.74, 6) is 0. The topological polar surface area (TPSA) is 40.5 Å². The van der Waals surface area contributed by atoms with Gasteiger partial charge in [0.15, 0.2) is 0 Å². The van der Waals surface area contributed by atoms with E-state index in [1.165, 1.54) is 96.3 Å². The molecule has 0 rings (SSSR count). The van der Waals surface area contributed by atoms with Gasteiger partial charge in [-0.25, -0.2) is 0 Å². The Kier molecular flexibility index (Phi) is 20.1. The third-order valence-corrected chi connectivity index (χ3v) is 6.38. The zero-order valence-electron chi connectivity index (χ0n) is 19.8. The molecule has 2 N–H and O–H groups in total. The molecule has 0 aliphatic heterocycles. The Hall–Kier alpha value is -0.0800. The maximum Gasteiger partial charge on any atom is 0.0905 e. The van der Waals surface area contributed by atoms with Crippen molar-refractivity contribution in [3.8, 4) is 0 Å². The molecule has 0 aromatic heterocycles. The van der Waals surface area contributed by atoms with Crippen molar-refractivity contribution in [3.63, 3.8) is 0 Å². The van der Waals surface area contributed by atoms with Gasteiger partial charge in [-0.05, 0) is 19.3 Å². The van der Waals surface area contributed by atoms with Crippen molar-refractivity contribution in [2.75, 3.05) is 0 Å². The van der Waals surface area contributed by atoms with Crippen LogP contribution in [0.1, 0.15) is 156 Å². The third-order valence-electron chi connectivity index (χ3n) is 6.38. The van der Waals surface area contributed by atoms with E-state index in [1.54, 1.807) is 0 Å². The van der Waals surface area contributed by atoms with E-state index in [0.29, 0.717) is 0 Å². The van der Waals surface area contributed by atoms with Gasteiger partial charge in [0.2, 0.25) is 0 Å². The first kappa shape index (κ1) is 27.9. The largest absolute Gasteiger partial charge is 0.390 e. The molecule has 2 nitrogen and oxygen atoms in total. The average Bonchev–Trinajstić information content (AvgIpc) is 2.69. The van der Waals surface area contributed by atoms with Gasteiger partial charge >= 0.3 is 0 Å². The molecule has 0 aromatic rings. The van der Waals surface area contributed by atoms with Gasteiger partial charge in [0.05, 0.1) is 11.7 Å². The fourth-order valence-electron chi connectivity index (χ4n) is 4.27. The van der Waals surface area contributed by atoms with Gasteiger partial charge in [-0.2, -0.15) is 0 Å². The lowest BCUT2D eigenvalue weighted by Crippen LogP contribution is -2.42. The van der Waals surface area contributed by atoms with Gasteiger partial charge in [-0.1, -0.05) is 136 Å². The molecule has 0 saturated carbocycles. The number of aliphatic hydroxyl groups is 2. The zero-order valence-corrected chi connectivity index (χ0v) is 19.8. The third kappa shape index (κ3) is 15.8. The molecular weight excluding hydrogens is 344 g/mol. The Balaban J connectivity index is 4.26. The highest BCUT2D eigenvalue weighted by molar-refractivity contribution is 4.86. The van der Waals surface area contributed by atoms with E-state index < -0.39 is 11.7 Å². The summed E-state index contributed by atoms with van der Waals surface area (Å²) >= 11 is 0. The first-order valence-electron chi connectivity index (χ1n) is 13.0. The molecule has 0 bridgehead atoms. The second kappa shape index (κ2) is 20.2. The molecule has 0 aliphatic carbocycles. The van der Waals surface area contributed by atoms with E-state index in [0.717, 1.165) is 38.5 Å². The minimum Gasteiger partial charge on any atom is -0.390 e. The summed E-state index contributed by atoms with van der Waals surface area (Å²) in [5, 5.41) is 22.1. The second-order valence-corrected chi connectivity index (χ2v) is 9.21. The van der Waals surface area contributed by atoms with Crippen molar-refractivity contribution in [3.05, 3.63) is 0 Å². The maximum absolute atomic E-state index is 11.3. The lowest BCUT2D eigenvalue weighted by atomic mass is 9.82. The van der Waals surface area contributed by atoms with E-state index in [-0.39, 0.29) is 0 Å². The van der Waals surface area contributed by atoms with Crippen LogP contribution in [0.5, 0.6) is 0 Å². The van der Waals surface area contributed by atoms with Crippen LogP contribution in [0.2, 0.25) is 0 Å². The summed E-state index contributed by atoms with van der Waals surface area (Å²) in [6, 6.07) is 0. The molecule has 170 valence electrons. The van der Waals surface area contributed by atoms with Crippen molar-refractivity contribution < 1.29 is 10.2 Å². The summed E-state index contributed by atoms with van der Waals surface area (Å²) in [7, 11) is 0. The highest BCUT2D eigenvalue weighted by Crippen LogP contribution is 2.29. The predicted molar refractivity (Wildman–Crippen MR) is 125 cm³/mol. The van der Waals surface area contributed by atoms with Crippen molar-refractivity contribution >= 4 is 0 Å². The van der Waals surface area contributed by atoms with Crippen molar-refractivity contribution in [1.29, 1.82) is 0 Å². The van der Waals surface area contributed by atoms with E-state index in [1.807, 2.05) is 0 Å². The summed E-state index contributed by atoms with van der Waals surface area (Å²) in [6.45, 7) is 6.74. The first-order chi connectivity index (χ1) is 13.6. The molecule has 0 radical (unpaired) electrons. The quantitative estimate of drug-likeness (QED) is 0.180. The van der Waals surface area contributed by atoms with Gasteiger partial charge in [-0.15, -0.1) is 0 Å². The van der Waals surface area contributed by atoms with Gasteiger partial charge < -0.3 is 10.2 Å². The van der Waals surface area contributed by atoms with Crippen molar-refractivity contribution in [2.24, 2.45) is 0 Å². The fourth-order valence-corrected chi connectivity index (χ4v) is 4.27. The maximum atomic E-state index is 11.3. The van der Waals surface area contributed by atoms with Crippen LogP contribution >= 0.6 is 0 Å². The molecule has 0 aliphatic rings. The summed E-state index contributed by atoms with van der Waals surface area (Å²) in [4.78, 5) is 0. The summed E-state index contributed by atoms with van der Waals surface area (Å²) in [6.07, 6.45) is 24.1. The molecule has 0 aromatic carbocycles. The van der Waals surface area contributed by atoms with Crippen LogP contribution in [0.3, 0.4) is 0 Å². The monoisotopic (exact) mass is 398 g/mol. The lowest BCUT2D eigenvalue weighted by molar-refractivity contribution is -0.0919. The predicted octanol–water partition coefficient (Wildman–Crippen LogP) is 8.33. The highest BCUT2D eigenvalue weighted by Gasteiger charge is 2.33. The smallest absolute Gasteiger partial charge is 0.0905 e. The Morgan fingerprint density at radius 2 is 0.821 bits per heavy atom. The Bertz CT molecular complexity index is 287. The Morgan fingerprint density at radius 1 is 0.500 bits per heavy atom. The second-order valence-electron chi connectivity index (χ2n) is 9.21. The van der Waals surface area contributed by atoms with Crippen LogP contribution in [-0.4, -0.2) is 21.9 Å². The SMILES string of the molecule is CCCCCCCCC(O)C(O)(CCCCCCCC)CCCCCCCC. The van der Waals surface area contributed by atoms with Crippen LogP contribution in [-0.2, 0) is 0 Å². The van der Waals surface area contributed by atoms with E-state index in [4.69, 9.17) is 0 Å². The van der Waals surface area contributed by atoms with Gasteiger partial charge in [-0.3, -0.25) is 0 Å². The Morgan fingerprint density at radius 3 is 1.21 bits per heavy atom. The van der Waals surface area contributed by atoms with Crippen LogP contribution in [0, 0.1) is 0 Å². The molecule has 0 saturated heterocycles. The normalized spacial score (nSPS) is 13.2. The standard InChI is InChI=1S/C26H54O2/c1-4-7-10-13-16-19-22-25(27)26(28,23-20-17-14-11-8-5-2)24-21-18-15-12-9-6-3/h25,27-28H,4-24H2,1-3H3. The molecule has 1 atom stereocenters.